The molecule has 4 nitrogen and oxygen atoms in total. The number of aryl methyl sites for hydroxylation is 1. The molecule has 26 heavy (non-hydrogen) atoms. The Labute approximate surface area is 150 Å². The lowest BCUT2D eigenvalue weighted by Crippen LogP contribution is -1.96. The maximum absolute atomic E-state index is 13.3. The zero-order chi connectivity index (χ0) is 18.1. The van der Waals surface area contributed by atoms with Crippen molar-refractivity contribution in [3.63, 3.8) is 0 Å². The Hall–Kier alpha value is -3.05. The molecular formula is C21H18FN3O. The molecule has 0 saturated carbocycles. The summed E-state index contributed by atoms with van der Waals surface area (Å²) < 4.78 is 20.5. The molecule has 0 aliphatic carbocycles. The topological polar surface area (TPSA) is 39.4 Å². The van der Waals surface area contributed by atoms with Gasteiger partial charge in [-0.2, -0.15) is 5.10 Å². The maximum Gasteiger partial charge on any atom is 0.163 e. The van der Waals surface area contributed by atoms with Crippen LogP contribution >= 0.6 is 0 Å². The van der Waals surface area contributed by atoms with Crippen molar-refractivity contribution >= 4 is 5.65 Å². The summed E-state index contributed by atoms with van der Waals surface area (Å²) in [5.74, 6) is -0.271. The Morgan fingerprint density at radius 1 is 0.962 bits per heavy atom. The van der Waals surface area contributed by atoms with E-state index in [1.165, 1.54) is 17.7 Å². The van der Waals surface area contributed by atoms with Gasteiger partial charge < -0.3 is 4.74 Å². The first-order chi connectivity index (χ1) is 12.7. The maximum atomic E-state index is 13.3. The van der Waals surface area contributed by atoms with Gasteiger partial charge in [-0.25, -0.2) is 13.9 Å². The van der Waals surface area contributed by atoms with Crippen LogP contribution in [0.15, 0.2) is 60.8 Å². The fourth-order valence-corrected chi connectivity index (χ4v) is 3.08. The summed E-state index contributed by atoms with van der Waals surface area (Å²) in [5, 5.41) is 4.74. The van der Waals surface area contributed by atoms with Gasteiger partial charge in [0.2, 0.25) is 0 Å². The van der Waals surface area contributed by atoms with Crippen LogP contribution in [-0.4, -0.2) is 21.7 Å². The van der Waals surface area contributed by atoms with E-state index in [1.807, 2.05) is 10.6 Å². The van der Waals surface area contributed by atoms with Gasteiger partial charge in [-0.1, -0.05) is 42.0 Å². The van der Waals surface area contributed by atoms with Crippen LogP contribution in [0.1, 0.15) is 11.3 Å². The second-order valence-corrected chi connectivity index (χ2v) is 6.19. The lowest BCUT2D eigenvalue weighted by atomic mass is 10.1. The molecule has 0 spiro atoms. The van der Waals surface area contributed by atoms with Gasteiger partial charge in [0, 0.05) is 18.9 Å². The third kappa shape index (κ3) is 2.86. The molecule has 0 fully saturated rings. The highest BCUT2D eigenvalue weighted by Gasteiger charge is 2.18. The molecule has 2 aromatic heterocycles. The van der Waals surface area contributed by atoms with Gasteiger partial charge in [-0.3, -0.25) is 0 Å². The van der Waals surface area contributed by atoms with Crippen LogP contribution in [0.3, 0.4) is 0 Å². The zero-order valence-corrected chi connectivity index (χ0v) is 14.6. The Morgan fingerprint density at radius 2 is 1.65 bits per heavy atom. The van der Waals surface area contributed by atoms with Crippen molar-refractivity contribution in [3.05, 3.63) is 77.9 Å². The predicted molar refractivity (Wildman–Crippen MR) is 99.3 cm³/mol. The molecule has 0 radical (unpaired) electrons. The molecular weight excluding hydrogens is 329 g/mol. The number of nitrogens with zero attached hydrogens (tertiary/aromatic N) is 3. The number of aromatic nitrogens is 3. The van der Waals surface area contributed by atoms with Gasteiger partial charge >= 0.3 is 0 Å². The minimum atomic E-state index is -0.271. The van der Waals surface area contributed by atoms with E-state index in [0.717, 1.165) is 33.7 Å². The monoisotopic (exact) mass is 347 g/mol. The first kappa shape index (κ1) is 16.4. The van der Waals surface area contributed by atoms with Gasteiger partial charge in [0.25, 0.3) is 0 Å². The van der Waals surface area contributed by atoms with E-state index in [4.69, 9.17) is 9.84 Å². The van der Waals surface area contributed by atoms with Crippen LogP contribution in [0, 0.1) is 12.7 Å². The minimum Gasteiger partial charge on any atom is -0.378 e. The van der Waals surface area contributed by atoms with Crippen molar-refractivity contribution in [2.45, 2.75) is 13.5 Å². The van der Waals surface area contributed by atoms with Crippen molar-refractivity contribution in [2.24, 2.45) is 0 Å². The Kier molecular flexibility index (Phi) is 4.22. The van der Waals surface area contributed by atoms with E-state index in [1.54, 1.807) is 25.4 Å². The summed E-state index contributed by atoms with van der Waals surface area (Å²) in [5.41, 5.74) is 6.42. The molecule has 0 bridgehead atoms. The first-order valence-corrected chi connectivity index (χ1v) is 8.36. The summed E-state index contributed by atoms with van der Waals surface area (Å²) in [4.78, 5) is 4.54. The molecule has 0 atom stereocenters. The average molecular weight is 347 g/mol. The Morgan fingerprint density at radius 3 is 2.35 bits per heavy atom. The van der Waals surface area contributed by atoms with Crippen LogP contribution in [0.4, 0.5) is 4.39 Å². The van der Waals surface area contributed by atoms with Crippen molar-refractivity contribution < 1.29 is 9.13 Å². The van der Waals surface area contributed by atoms with Crippen LogP contribution in [0.5, 0.6) is 0 Å². The molecule has 2 heterocycles. The summed E-state index contributed by atoms with van der Waals surface area (Å²) in [6, 6.07) is 16.6. The molecule has 5 heteroatoms. The normalized spacial score (nSPS) is 11.2. The van der Waals surface area contributed by atoms with E-state index in [0.29, 0.717) is 6.61 Å². The van der Waals surface area contributed by atoms with Gasteiger partial charge in [0.05, 0.1) is 23.6 Å². The van der Waals surface area contributed by atoms with Crippen LogP contribution in [0.25, 0.3) is 28.0 Å². The average Bonchev–Trinajstić information content (AvgIpc) is 3.02. The highest BCUT2D eigenvalue weighted by atomic mass is 19.1. The van der Waals surface area contributed by atoms with E-state index in [9.17, 15) is 4.39 Å². The number of halogens is 1. The number of hydrogen-bond acceptors (Lipinski definition) is 3. The van der Waals surface area contributed by atoms with Gasteiger partial charge in [0.1, 0.15) is 5.82 Å². The zero-order valence-electron chi connectivity index (χ0n) is 14.6. The van der Waals surface area contributed by atoms with Crippen molar-refractivity contribution in [1.29, 1.82) is 0 Å². The number of benzene rings is 2. The van der Waals surface area contributed by atoms with Crippen molar-refractivity contribution in [2.75, 3.05) is 7.11 Å². The predicted octanol–water partition coefficient (Wildman–Crippen LogP) is 4.66. The molecule has 0 saturated heterocycles. The van der Waals surface area contributed by atoms with Crippen molar-refractivity contribution in [3.8, 4) is 22.4 Å². The van der Waals surface area contributed by atoms with Crippen LogP contribution in [-0.2, 0) is 11.3 Å². The van der Waals surface area contributed by atoms with Crippen LogP contribution in [0.2, 0.25) is 0 Å². The molecule has 0 aliphatic rings. The number of hydrogen-bond donors (Lipinski definition) is 0. The molecule has 0 aliphatic heterocycles. The number of fused-ring (bicyclic) bond motifs is 1. The molecule has 0 unspecified atom stereocenters. The molecule has 4 rings (SSSR count). The summed E-state index contributed by atoms with van der Waals surface area (Å²) >= 11 is 0. The lowest BCUT2D eigenvalue weighted by Gasteiger charge is -2.06. The van der Waals surface area contributed by atoms with Gasteiger partial charge in [0.15, 0.2) is 5.65 Å². The second kappa shape index (κ2) is 6.69. The number of methoxy groups -OCH3 is 1. The first-order valence-electron chi connectivity index (χ1n) is 8.36. The fraction of sp³-hybridized carbons (Fsp3) is 0.143. The highest BCUT2D eigenvalue weighted by Crippen LogP contribution is 2.31. The molecule has 0 amide bonds. The highest BCUT2D eigenvalue weighted by molar-refractivity contribution is 5.81. The third-order valence-electron chi connectivity index (χ3n) is 4.35. The van der Waals surface area contributed by atoms with E-state index < -0.39 is 0 Å². The Balaban J connectivity index is 1.96. The SMILES string of the molecule is COCc1nn2c(-c3ccc(C)cc3)ccnc2c1-c1ccc(F)cc1. The molecule has 0 N–H and O–H groups in total. The second-order valence-electron chi connectivity index (χ2n) is 6.19. The summed E-state index contributed by atoms with van der Waals surface area (Å²) in [6.07, 6.45) is 1.77. The molecule has 130 valence electrons. The molecule has 4 aromatic rings. The van der Waals surface area contributed by atoms with Gasteiger partial charge in [-0.05, 0) is 30.7 Å². The Bertz CT molecular complexity index is 1050. The third-order valence-corrected chi connectivity index (χ3v) is 4.35. The minimum absolute atomic E-state index is 0.271. The standard InChI is InChI=1S/C21H18FN3O/c1-14-3-5-15(6-4-14)19-11-12-23-21-20(16-7-9-17(22)10-8-16)18(13-26-2)24-25(19)21/h3-12H,13H2,1-2H3. The largest absolute Gasteiger partial charge is 0.378 e. The summed E-state index contributed by atoms with van der Waals surface area (Å²) in [7, 11) is 1.63. The van der Waals surface area contributed by atoms with E-state index in [2.05, 4.69) is 36.2 Å². The fourth-order valence-electron chi connectivity index (χ4n) is 3.08. The molecule has 2 aromatic carbocycles. The van der Waals surface area contributed by atoms with Crippen molar-refractivity contribution in [1.82, 2.24) is 14.6 Å². The van der Waals surface area contributed by atoms with E-state index in [-0.39, 0.29) is 5.82 Å². The van der Waals surface area contributed by atoms with E-state index >= 15 is 0 Å². The summed E-state index contributed by atoms with van der Waals surface area (Å²) in [6.45, 7) is 2.41. The number of ether oxygens (including phenoxy) is 1. The van der Waals surface area contributed by atoms with Crippen LogP contribution < -0.4 is 0 Å². The smallest absolute Gasteiger partial charge is 0.163 e. The lowest BCUT2D eigenvalue weighted by molar-refractivity contribution is 0.181. The number of rotatable bonds is 4. The van der Waals surface area contributed by atoms with Gasteiger partial charge in [-0.15, -0.1) is 0 Å². The quantitative estimate of drug-likeness (QED) is 0.539.